The first-order chi connectivity index (χ1) is 18.5. The average molecular weight is 527 g/mol. The molecule has 4 aromatic rings. The molecule has 0 N–H and O–H groups in total. The highest BCUT2D eigenvalue weighted by molar-refractivity contribution is 5.89. The number of aromatic nitrogens is 4. The van der Waals surface area contributed by atoms with E-state index < -0.39 is 0 Å². The van der Waals surface area contributed by atoms with Gasteiger partial charge in [-0.2, -0.15) is 0 Å². The van der Waals surface area contributed by atoms with Crippen molar-refractivity contribution < 1.29 is 19.3 Å². The van der Waals surface area contributed by atoms with Crippen molar-refractivity contribution in [2.45, 2.75) is 47.0 Å². The van der Waals surface area contributed by atoms with E-state index in [9.17, 15) is 10.2 Å². The molecule has 0 fully saturated rings. The zero-order valence-corrected chi connectivity index (χ0v) is 24.2. The molecule has 8 nitrogen and oxygen atoms in total. The molecule has 0 unspecified atom stereocenters. The predicted octanol–water partition coefficient (Wildman–Crippen LogP) is 2.22. The summed E-state index contributed by atoms with van der Waals surface area (Å²) in [4.78, 5) is 9.05. The molecule has 8 heteroatoms. The summed E-state index contributed by atoms with van der Waals surface area (Å²) in [6.07, 6.45) is 9.68. The Hall–Kier alpha value is -4.20. The maximum atomic E-state index is 13.0. The molecule has 0 atom stereocenters. The Kier molecular flexibility index (Phi) is 8.04. The highest BCUT2D eigenvalue weighted by Gasteiger charge is 2.16. The van der Waals surface area contributed by atoms with Crippen LogP contribution in [0.4, 0.5) is 11.4 Å². The highest BCUT2D eigenvalue weighted by atomic mass is 16.3. The van der Waals surface area contributed by atoms with Gasteiger partial charge in [-0.05, 0) is 66.5 Å². The van der Waals surface area contributed by atoms with Crippen molar-refractivity contribution in [3.8, 4) is 0 Å². The fourth-order valence-corrected chi connectivity index (χ4v) is 5.25. The van der Waals surface area contributed by atoms with E-state index in [0.717, 1.165) is 52.9 Å². The van der Waals surface area contributed by atoms with Crippen LogP contribution in [0.5, 0.6) is 0 Å². The van der Waals surface area contributed by atoms with Crippen molar-refractivity contribution in [1.82, 2.24) is 9.13 Å². The van der Waals surface area contributed by atoms with Gasteiger partial charge >= 0.3 is 0 Å². The number of hydrogen-bond acceptors (Lipinski definition) is 4. The van der Waals surface area contributed by atoms with E-state index >= 15 is 0 Å². The maximum absolute atomic E-state index is 13.0. The van der Waals surface area contributed by atoms with E-state index in [4.69, 9.17) is 0 Å². The van der Waals surface area contributed by atoms with Gasteiger partial charge in [0.15, 0.2) is 0 Å². The molecule has 4 rings (SSSR count). The summed E-state index contributed by atoms with van der Waals surface area (Å²) in [7, 11) is 7.40. The quantitative estimate of drug-likeness (QED) is 0.200. The molecular formula is C31H38N6O2. The van der Waals surface area contributed by atoms with Crippen molar-refractivity contribution in [1.29, 1.82) is 0 Å². The van der Waals surface area contributed by atoms with E-state index in [1.807, 2.05) is 66.8 Å². The zero-order chi connectivity index (χ0) is 28.4. The highest BCUT2D eigenvalue weighted by Crippen LogP contribution is 2.31. The summed E-state index contributed by atoms with van der Waals surface area (Å²) in [6, 6.07) is 8.55. The molecule has 0 bridgehead atoms. The molecule has 0 aliphatic heterocycles. The monoisotopic (exact) mass is 526 g/mol. The number of hydrogen-bond donors (Lipinski definition) is 0. The van der Waals surface area contributed by atoms with Gasteiger partial charge in [-0.1, -0.05) is 38.1 Å². The molecule has 0 saturated heterocycles. The summed E-state index contributed by atoms with van der Waals surface area (Å²) in [5.41, 5.74) is 7.89. The lowest BCUT2D eigenvalue weighted by Gasteiger charge is -2.16. The van der Waals surface area contributed by atoms with Crippen LogP contribution < -0.4 is 19.3 Å². The summed E-state index contributed by atoms with van der Waals surface area (Å²) < 4.78 is 7.16. The Labute approximate surface area is 230 Å². The van der Waals surface area contributed by atoms with Crippen LogP contribution in [0.1, 0.15) is 58.9 Å². The van der Waals surface area contributed by atoms with Crippen molar-refractivity contribution in [2.75, 3.05) is 0 Å². The van der Waals surface area contributed by atoms with Gasteiger partial charge < -0.3 is 10.2 Å². The molecule has 0 radical (unpaired) electrons. The second-order valence-corrected chi connectivity index (χ2v) is 10.2. The molecule has 39 heavy (non-hydrogen) atoms. The first-order valence-corrected chi connectivity index (χ1v) is 13.3. The Morgan fingerprint density at radius 3 is 1.41 bits per heavy atom. The number of aryl methyl sites for hydroxylation is 8. The normalized spacial score (nSPS) is 12.4. The van der Waals surface area contributed by atoms with Crippen LogP contribution in [0.3, 0.4) is 0 Å². The Morgan fingerprint density at radius 1 is 0.718 bits per heavy atom. The number of benzene rings is 2. The largest absolute Gasteiger partial charge is 0.853 e. The van der Waals surface area contributed by atoms with E-state index in [2.05, 4.69) is 48.1 Å². The molecule has 2 aromatic heterocycles. The smallest absolute Gasteiger partial charge is 0.292 e. The summed E-state index contributed by atoms with van der Waals surface area (Å²) in [5, 5.41) is 26.0. The molecule has 0 aliphatic rings. The standard InChI is InChI=1S/C31H38N6O2/c1-9-24-18-22(15-20(3)26(24)32-28(38)30-34(5)11-12-35(30)6)17-23-16-21(4)27(25(10-2)19-23)33-29(39)31-36(7)13-14-37(31)8/h11-16,18-19H,9-10,17H2,1-8H3. The SMILES string of the molecule is CCc1cc(Cc2cc(C)c(N=C([O-])c3n(C)cc[n+]3C)c(CC)c2)cc(C)c1N=C([O-])c1n(C)cc[n+]1C. The molecular weight excluding hydrogens is 488 g/mol. The van der Waals surface area contributed by atoms with Gasteiger partial charge in [0.2, 0.25) is 0 Å². The first kappa shape index (κ1) is 27.8. The van der Waals surface area contributed by atoms with Gasteiger partial charge in [-0.3, -0.25) is 9.98 Å². The van der Waals surface area contributed by atoms with Gasteiger partial charge in [-0.25, -0.2) is 18.3 Å². The second kappa shape index (κ2) is 11.3. The van der Waals surface area contributed by atoms with Crippen molar-refractivity contribution in [2.24, 2.45) is 38.2 Å². The van der Waals surface area contributed by atoms with Crippen LogP contribution in [0.15, 0.2) is 59.0 Å². The minimum atomic E-state index is -0.253. The lowest BCUT2D eigenvalue weighted by molar-refractivity contribution is -0.674. The van der Waals surface area contributed by atoms with E-state index in [-0.39, 0.29) is 11.8 Å². The lowest BCUT2D eigenvalue weighted by Crippen LogP contribution is -2.39. The maximum Gasteiger partial charge on any atom is 0.292 e. The van der Waals surface area contributed by atoms with Crippen LogP contribution in [0.2, 0.25) is 0 Å². The number of aliphatic imine (C=N–C) groups is 2. The van der Waals surface area contributed by atoms with Crippen LogP contribution in [0.25, 0.3) is 0 Å². The minimum Gasteiger partial charge on any atom is -0.853 e. The van der Waals surface area contributed by atoms with E-state index in [0.29, 0.717) is 11.6 Å². The van der Waals surface area contributed by atoms with Crippen molar-refractivity contribution in [3.63, 3.8) is 0 Å². The number of imidazole rings is 2. The fourth-order valence-electron chi connectivity index (χ4n) is 5.25. The average Bonchev–Trinajstić information content (AvgIpc) is 3.41. The third kappa shape index (κ3) is 5.65. The fraction of sp³-hybridized carbons (Fsp3) is 0.355. The van der Waals surface area contributed by atoms with E-state index in [1.54, 1.807) is 18.3 Å². The molecule has 0 spiro atoms. The number of rotatable bonds is 8. The molecule has 2 aromatic carbocycles. The summed E-state index contributed by atoms with van der Waals surface area (Å²) >= 11 is 0. The van der Waals surface area contributed by atoms with Gasteiger partial charge in [0, 0.05) is 0 Å². The van der Waals surface area contributed by atoms with Crippen molar-refractivity contribution >= 4 is 23.2 Å². The third-order valence-electron chi connectivity index (χ3n) is 7.22. The molecule has 0 amide bonds. The lowest BCUT2D eigenvalue weighted by atomic mass is 9.94. The van der Waals surface area contributed by atoms with Gasteiger partial charge in [0.25, 0.3) is 11.6 Å². The van der Waals surface area contributed by atoms with Crippen LogP contribution in [-0.2, 0) is 47.5 Å². The van der Waals surface area contributed by atoms with Gasteiger partial charge in [-0.15, -0.1) is 0 Å². The first-order valence-electron chi connectivity index (χ1n) is 13.3. The predicted molar refractivity (Wildman–Crippen MR) is 149 cm³/mol. The minimum absolute atomic E-state index is 0.253. The van der Waals surface area contributed by atoms with Crippen LogP contribution in [0, 0.1) is 13.8 Å². The van der Waals surface area contributed by atoms with Gasteiger partial charge in [0.05, 0.1) is 51.4 Å². The molecule has 0 aliphatic carbocycles. The summed E-state index contributed by atoms with van der Waals surface area (Å²) in [5.74, 6) is 0.564. The Balaban J connectivity index is 1.67. The molecule has 0 saturated carbocycles. The van der Waals surface area contributed by atoms with E-state index in [1.165, 1.54) is 11.1 Å². The zero-order valence-electron chi connectivity index (χ0n) is 24.2. The third-order valence-corrected chi connectivity index (χ3v) is 7.22. The Morgan fingerprint density at radius 2 is 1.10 bits per heavy atom. The second-order valence-electron chi connectivity index (χ2n) is 10.2. The van der Waals surface area contributed by atoms with Crippen molar-refractivity contribution in [3.05, 3.63) is 94.1 Å². The van der Waals surface area contributed by atoms with Crippen LogP contribution >= 0.6 is 0 Å². The topological polar surface area (TPSA) is 88.5 Å². The molecule has 2 heterocycles. The number of nitrogens with zero attached hydrogens (tertiary/aromatic N) is 6. The Bertz CT molecular complexity index is 1430. The molecule has 204 valence electrons. The van der Waals surface area contributed by atoms with Crippen LogP contribution in [-0.4, -0.2) is 20.9 Å². The summed E-state index contributed by atoms with van der Waals surface area (Å²) in [6.45, 7) is 8.20. The van der Waals surface area contributed by atoms with Gasteiger partial charge in [0.1, 0.15) is 24.8 Å².